The van der Waals surface area contributed by atoms with Gasteiger partial charge in [0, 0.05) is 11.1 Å². The van der Waals surface area contributed by atoms with Crippen molar-refractivity contribution >= 4 is 10.9 Å². The lowest BCUT2D eigenvalue weighted by Crippen LogP contribution is -2.81. The summed E-state index contributed by atoms with van der Waals surface area (Å²) in [6, 6.07) is 14.2. The van der Waals surface area contributed by atoms with Gasteiger partial charge < -0.3 is 15.0 Å². The number of methoxy groups -OCH3 is 1. The number of nitrogens with one attached hydrogen (secondary N) is 1. The van der Waals surface area contributed by atoms with E-state index in [4.69, 9.17) is 4.74 Å². The zero-order chi connectivity index (χ0) is 17.1. The molecule has 2 aromatic carbocycles. The van der Waals surface area contributed by atoms with Crippen molar-refractivity contribution in [3.63, 3.8) is 0 Å². The van der Waals surface area contributed by atoms with Crippen molar-refractivity contribution in [2.45, 2.75) is 26.9 Å². The number of aryl methyl sites for hydroxylation is 2. The summed E-state index contributed by atoms with van der Waals surface area (Å²) in [5, 5.41) is 3.23. The molecule has 3 rings (SSSR count). The van der Waals surface area contributed by atoms with Gasteiger partial charge in [-0.1, -0.05) is 0 Å². The van der Waals surface area contributed by atoms with Crippen molar-refractivity contribution in [3.05, 3.63) is 75.1 Å². The van der Waals surface area contributed by atoms with Crippen molar-refractivity contribution < 1.29 is 10.1 Å². The monoisotopic (exact) mass is 323 g/mol. The molecule has 4 heteroatoms. The van der Waals surface area contributed by atoms with Crippen LogP contribution in [0, 0.1) is 13.8 Å². The minimum absolute atomic E-state index is 0.00302. The summed E-state index contributed by atoms with van der Waals surface area (Å²) in [5.41, 5.74) is 5.34. The third-order valence-corrected chi connectivity index (χ3v) is 4.44. The Morgan fingerprint density at radius 1 is 1.00 bits per heavy atom. The first-order valence-electron chi connectivity index (χ1n) is 8.14. The Morgan fingerprint density at radius 3 is 2.42 bits per heavy atom. The lowest BCUT2D eigenvalue weighted by Gasteiger charge is -2.07. The fraction of sp³-hybridized carbons (Fsp3) is 0.250. The minimum atomic E-state index is -0.00302. The highest BCUT2D eigenvalue weighted by atomic mass is 16.5. The molecule has 3 aromatic rings. The SMILES string of the molecule is COc1ccc(C[NH2+]Cc2cc3cc(C)c(C)cc3[nH]c2=O)cc1. The highest BCUT2D eigenvalue weighted by Crippen LogP contribution is 2.17. The topological polar surface area (TPSA) is 58.7 Å². The summed E-state index contributed by atoms with van der Waals surface area (Å²) < 4.78 is 5.16. The molecule has 0 amide bonds. The van der Waals surface area contributed by atoms with Crippen LogP contribution in [0.4, 0.5) is 0 Å². The van der Waals surface area contributed by atoms with E-state index in [0.717, 1.165) is 28.8 Å². The molecule has 1 aromatic heterocycles. The molecular formula is C20H23N2O2+. The maximum atomic E-state index is 12.3. The van der Waals surface area contributed by atoms with Crippen LogP contribution in [-0.2, 0) is 13.1 Å². The second-order valence-corrected chi connectivity index (χ2v) is 6.19. The van der Waals surface area contributed by atoms with Crippen molar-refractivity contribution in [1.29, 1.82) is 0 Å². The maximum absolute atomic E-state index is 12.3. The number of H-pyrrole nitrogens is 1. The summed E-state index contributed by atoms with van der Waals surface area (Å²) in [5.74, 6) is 0.857. The van der Waals surface area contributed by atoms with E-state index in [1.165, 1.54) is 16.7 Å². The molecule has 0 spiro atoms. The fourth-order valence-corrected chi connectivity index (χ4v) is 2.83. The number of fused-ring (bicyclic) bond motifs is 1. The third kappa shape index (κ3) is 3.49. The van der Waals surface area contributed by atoms with Gasteiger partial charge in [0.15, 0.2) is 0 Å². The van der Waals surface area contributed by atoms with Gasteiger partial charge in [0.1, 0.15) is 18.8 Å². The van der Waals surface area contributed by atoms with E-state index in [0.29, 0.717) is 6.54 Å². The van der Waals surface area contributed by atoms with E-state index < -0.39 is 0 Å². The lowest BCUT2D eigenvalue weighted by molar-refractivity contribution is -0.686. The van der Waals surface area contributed by atoms with Crippen LogP contribution < -0.4 is 15.6 Å². The van der Waals surface area contributed by atoms with E-state index in [1.807, 2.05) is 36.4 Å². The largest absolute Gasteiger partial charge is 0.497 e. The molecule has 1 heterocycles. The number of ether oxygens (including phenoxy) is 1. The van der Waals surface area contributed by atoms with Gasteiger partial charge in [0.2, 0.25) is 0 Å². The molecule has 4 nitrogen and oxygen atoms in total. The summed E-state index contributed by atoms with van der Waals surface area (Å²) in [6.45, 7) is 5.64. The van der Waals surface area contributed by atoms with Crippen molar-refractivity contribution in [3.8, 4) is 5.75 Å². The Kier molecular flexibility index (Phi) is 4.67. The normalized spacial score (nSPS) is 11.0. The predicted molar refractivity (Wildman–Crippen MR) is 96.4 cm³/mol. The number of rotatable bonds is 5. The molecular weight excluding hydrogens is 300 g/mol. The summed E-state index contributed by atoms with van der Waals surface area (Å²) in [6.07, 6.45) is 0. The predicted octanol–water partition coefficient (Wildman–Crippen LogP) is 2.42. The number of hydrogen-bond donors (Lipinski definition) is 2. The number of quaternary nitrogens is 1. The smallest absolute Gasteiger partial charge is 0.257 e. The maximum Gasteiger partial charge on any atom is 0.257 e. The standard InChI is InChI=1S/C20H22N2O2/c1-13-8-16-10-17(20(23)22-19(16)9-14(13)2)12-21-11-15-4-6-18(24-3)7-5-15/h4-10,21H,11-12H2,1-3H3,(H,22,23)/p+1. The molecule has 0 fully saturated rings. The van der Waals surface area contributed by atoms with Gasteiger partial charge in [-0.2, -0.15) is 0 Å². The zero-order valence-corrected chi connectivity index (χ0v) is 14.3. The van der Waals surface area contributed by atoms with Crippen LogP contribution >= 0.6 is 0 Å². The number of benzene rings is 2. The Balaban J connectivity index is 1.73. The van der Waals surface area contributed by atoms with Gasteiger partial charge in [-0.15, -0.1) is 0 Å². The molecule has 0 radical (unpaired) electrons. The van der Waals surface area contributed by atoms with E-state index in [9.17, 15) is 4.79 Å². The molecule has 24 heavy (non-hydrogen) atoms. The highest BCUT2D eigenvalue weighted by molar-refractivity contribution is 5.80. The van der Waals surface area contributed by atoms with Crippen molar-refractivity contribution in [2.24, 2.45) is 0 Å². The second-order valence-electron chi connectivity index (χ2n) is 6.19. The second kappa shape index (κ2) is 6.89. The number of aromatic nitrogens is 1. The van der Waals surface area contributed by atoms with Crippen LogP contribution in [0.15, 0.2) is 47.3 Å². The van der Waals surface area contributed by atoms with Gasteiger partial charge >= 0.3 is 0 Å². The summed E-state index contributed by atoms with van der Waals surface area (Å²) >= 11 is 0. The average molecular weight is 323 g/mol. The molecule has 0 unspecified atom stereocenters. The molecule has 0 saturated heterocycles. The van der Waals surface area contributed by atoms with E-state index in [-0.39, 0.29) is 5.56 Å². The molecule has 3 N–H and O–H groups in total. The van der Waals surface area contributed by atoms with Crippen molar-refractivity contribution in [1.82, 2.24) is 4.98 Å². The Labute approximate surface area is 141 Å². The summed E-state index contributed by atoms with van der Waals surface area (Å²) in [7, 11) is 1.66. The Bertz CT molecular complexity index is 911. The zero-order valence-electron chi connectivity index (χ0n) is 14.3. The van der Waals surface area contributed by atoms with Gasteiger partial charge in [-0.25, -0.2) is 0 Å². The highest BCUT2D eigenvalue weighted by Gasteiger charge is 2.06. The van der Waals surface area contributed by atoms with Crippen LogP contribution in [0.1, 0.15) is 22.3 Å². The lowest BCUT2D eigenvalue weighted by atomic mass is 10.0. The Hall–Kier alpha value is -2.59. The van der Waals surface area contributed by atoms with Crippen LogP contribution in [0.2, 0.25) is 0 Å². The Morgan fingerprint density at radius 2 is 1.71 bits per heavy atom. The number of nitrogens with two attached hydrogens (primary N) is 1. The van der Waals surface area contributed by atoms with E-state index in [1.54, 1.807) is 7.11 Å². The van der Waals surface area contributed by atoms with Crippen LogP contribution in [0.5, 0.6) is 5.75 Å². The van der Waals surface area contributed by atoms with E-state index >= 15 is 0 Å². The molecule has 0 bridgehead atoms. The fourth-order valence-electron chi connectivity index (χ4n) is 2.83. The quantitative estimate of drug-likeness (QED) is 0.757. The molecule has 124 valence electrons. The third-order valence-electron chi connectivity index (χ3n) is 4.44. The van der Waals surface area contributed by atoms with E-state index in [2.05, 4.69) is 30.2 Å². The number of pyridine rings is 1. The van der Waals surface area contributed by atoms with Crippen LogP contribution in [0.25, 0.3) is 10.9 Å². The first-order chi connectivity index (χ1) is 11.6. The summed E-state index contributed by atoms with van der Waals surface area (Å²) in [4.78, 5) is 15.3. The molecule has 0 aliphatic heterocycles. The van der Waals surface area contributed by atoms with Gasteiger partial charge in [0.25, 0.3) is 5.56 Å². The number of hydrogen-bond acceptors (Lipinski definition) is 2. The van der Waals surface area contributed by atoms with Gasteiger partial charge in [-0.3, -0.25) is 4.79 Å². The van der Waals surface area contributed by atoms with Gasteiger partial charge in [0.05, 0.1) is 12.7 Å². The molecule has 0 saturated carbocycles. The molecule has 0 aliphatic rings. The van der Waals surface area contributed by atoms with Gasteiger partial charge in [-0.05, 0) is 72.8 Å². The average Bonchev–Trinajstić information content (AvgIpc) is 2.58. The number of aromatic amines is 1. The van der Waals surface area contributed by atoms with Crippen LogP contribution in [-0.4, -0.2) is 12.1 Å². The van der Waals surface area contributed by atoms with Crippen LogP contribution in [0.3, 0.4) is 0 Å². The first-order valence-corrected chi connectivity index (χ1v) is 8.14. The minimum Gasteiger partial charge on any atom is -0.497 e. The van der Waals surface area contributed by atoms with Crippen molar-refractivity contribution in [2.75, 3.05) is 7.11 Å². The molecule has 0 aliphatic carbocycles. The first kappa shape index (κ1) is 16.3. The molecule has 0 atom stereocenters.